The van der Waals surface area contributed by atoms with Crippen molar-refractivity contribution >= 4 is 0 Å². The largest absolute Gasteiger partial charge is 1.00 e. The first-order valence-corrected chi connectivity index (χ1v) is 7.25. The minimum absolute atomic E-state index is 0. The van der Waals surface area contributed by atoms with Gasteiger partial charge in [0.25, 0.3) is 0 Å². The Bertz CT molecular complexity index is 517. The minimum atomic E-state index is 0. The molecule has 0 aromatic carbocycles. The van der Waals surface area contributed by atoms with E-state index in [9.17, 15) is 0 Å². The predicted octanol–water partition coefficient (Wildman–Crippen LogP) is -1.94. The third-order valence-corrected chi connectivity index (χ3v) is 3.92. The van der Waals surface area contributed by atoms with E-state index in [-0.39, 0.29) is 30.2 Å². The van der Waals surface area contributed by atoms with Crippen LogP contribution < -0.4 is 24.8 Å². The maximum absolute atomic E-state index is 3.35. The zero-order valence-corrected chi connectivity index (χ0v) is 15.4. The number of rotatable bonds is 1. The van der Waals surface area contributed by atoms with E-state index in [1.54, 1.807) is 3.28 Å². The van der Waals surface area contributed by atoms with Gasteiger partial charge in [0.15, 0.2) is 0 Å². The summed E-state index contributed by atoms with van der Waals surface area (Å²) >= 11 is 1.54. The molecule has 0 unspecified atom stereocenters. The van der Waals surface area contributed by atoms with Gasteiger partial charge in [-0.25, -0.2) is 0 Å². The van der Waals surface area contributed by atoms with Gasteiger partial charge in [-0.05, 0) is 0 Å². The monoisotopic (exact) mass is 369 g/mol. The van der Waals surface area contributed by atoms with E-state index in [4.69, 9.17) is 0 Å². The van der Waals surface area contributed by atoms with Crippen LogP contribution in [-0.4, -0.2) is 0 Å². The SMILES string of the molecule is CC(C)(C)C#CC1=C(C2=[C]([Zr+2])CC=C2)CC=C1.[Cl-].[Cl-]. The molecule has 0 aliphatic heterocycles. The van der Waals surface area contributed by atoms with Crippen LogP contribution in [0.1, 0.15) is 33.6 Å². The normalized spacial score (nSPS) is 17.1. The quantitative estimate of drug-likeness (QED) is 0.471. The van der Waals surface area contributed by atoms with Crippen LogP contribution in [0.3, 0.4) is 0 Å². The molecule has 0 radical (unpaired) electrons. The first-order valence-electron chi connectivity index (χ1n) is 6.02. The first kappa shape index (κ1) is 19.0. The van der Waals surface area contributed by atoms with Crippen LogP contribution in [0.15, 0.2) is 44.3 Å². The van der Waals surface area contributed by atoms with Crippen molar-refractivity contribution in [2.45, 2.75) is 33.6 Å². The Labute approximate surface area is 144 Å². The standard InChI is InChI=1S/C16H17.2ClH.Zr/c1-16(2,3)12-11-14-9-6-10-15(14)13-7-4-5-8-13;;;/h4,6-7,9H,5,10H2,1-3H3;2*1H;/q;;;+2/p-2. The maximum Gasteiger partial charge on any atom is -1.00 e. The minimum Gasteiger partial charge on any atom is -1.00 e. The van der Waals surface area contributed by atoms with Crippen LogP contribution in [0, 0.1) is 17.3 Å². The van der Waals surface area contributed by atoms with Crippen LogP contribution in [0.2, 0.25) is 0 Å². The average molecular weight is 371 g/mol. The van der Waals surface area contributed by atoms with Gasteiger partial charge in [-0.1, -0.05) is 0 Å². The molecule has 0 spiro atoms. The summed E-state index contributed by atoms with van der Waals surface area (Å²) < 4.78 is 1.56. The molecular formula is C16H17Cl2Zr. The van der Waals surface area contributed by atoms with Gasteiger partial charge in [0.2, 0.25) is 0 Å². The Balaban J connectivity index is 0.00000162. The molecule has 0 atom stereocenters. The molecule has 0 fully saturated rings. The molecule has 0 heterocycles. The van der Waals surface area contributed by atoms with Crippen molar-refractivity contribution in [3.8, 4) is 11.8 Å². The summed E-state index contributed by atoms with van der Waals surface area (Å²) in [5.74, 6) is 6.69. The molecule has 2 aliphatic rings. The van der Waals surface area contributed by atoms with E-state index >= 15 is 0 Å². The van der Waals surface area contributed by atoms with Crippen LogP contribution in [0.4, 0.5) is 0 Å². The van der Waals surface area contributed by atoms with Crippen LogP contribution in [0.5, 0.6) is 0 Å². The van der Waals surface area contributed by atoms with Crippen molar-refractivity contribution in [3.63, 3.8) is 0 Å². The van der Waals surface area contributed by atoms with Gasteiger partial charge >= 0.3 is 120 Å². The molecule has 2 rings (SSSR count). The molecule has 3 heteroatoms. The van der Waals surface area contributed by atoms with Crippen LogP contribution >= 0.6 is 0 Å². The van der Waals surface area contributed by atoms with Gasteiger partial charge in [-0.15, -0.1) is 0 Å². The van der Waals surface area contributed by atoms with Crippen molar-refractivity contribution in [2.75, 3.05) is 0 Å². The molecular weight excluding hydrogens is 354 g/mol. The molecule has 99 valence electrons. The predicted molar refractivity (Wildman–Crippen MR) is 68.8 cm³/mol. The van der Waals surface area contributed by atoms with Gasteiger partial charge in [0, 0.05) is 0 Å². The van der Waals surface area contributed by atoms with Crippen molar-refractivity contribution in [1.82, 2.24) is 0 Å². The van der Waals surface area contributed by atoms with E-state index < -0.39 is 0 Å². The van der Waals surface area contributed by atoms with Gasteiger partial charge in [0.1, 0.15) is 0 Å². The average Bonchev–Trinajstić information content (AvgIpc) is 2.81. The molecule has 0 saturated heterocycles. The maximum atomic E-state index is 3.35. The number of hydrogen-bond acceptors (Lipinski definition) is 0. The van der Waals surface area contributed by atoms with E-state index in [0.29, 0.717) is 0 Å². The Hall–Kier alpha value is -0.0169. The van der Waals surface area contributed by atoms with Crippen LogP contribution in [0.25, 0.3) is 0 Å². The molecule has 0 aromatic heterocycles. The summed E-state index contributed by atoms with van der Waals surface area (Å²) in [6.07, 6.45) is 11.1. The topological polar surface area (TPSA) is 0 Å². The summed E-state index contributed by atoms with van der Waals surface area (Å²) in [6.45, 7) is 6.47. The van der Waals surface area contributed by atoms with Gasteiger partial charge in [-0.3, -0.25) is 0 Å². The third-order valence-electron chi connectivity index (χ3n) is 2.76. The van der Waals surface area contributed by atoms with Gasteiger partial charge in [0.05, 0.1) is 0 Å². The fourth-order valence-corrected chi connectivity index (χ4v) is 2.79. The Morgan fingerprint density at radius 3 is 2.21 bits per heavy atom. The fourth-order valence-electron chi connectivity index (χ4n) is 1.92. The van der Waals surface area contributed by atoms with E-state index in [1.165, 1.54) is 41.4 Å². The molecule has 0 saturated carbocycles. The molecule has 0 nitrogen and oxygen atoms in total. The Kier molecular flexibility index (Phi) is 7.68. The van der Waals surface area contributed by atoms with E-state index in [1.807, 2.05) is 0 Å². The van der Waals surface area contributed by atoms with Crippen molar-refractivity contribution in [1.29, 1.82) is 0 Å². The summed E-state index contributed by atoms with van der Waals surface area (Å²) in [5.41, 5.74) is 4.19. The zero-order valence-electron chi connectivity index (χ0n) is 11.5. The Morgan fingerprint density at radius 2 is 1.68 bits per heavy atom. The van der Waals surface area contributed by atoms with Crippen molar-refractivity contribution in [2.24, 2.45) is 5.41 Å². The summed E-state index contributed by atoms with van der Waals surface area (Å²) in [4.78, 5) is 0. The van der Waals surface area contributed by atoms with Crippen molar-refractivity contribution < 1.29 is 49.5 Å². The third kappa shape index (κ3) is 5.11. The number of halogens is 2. The second kappa shape index (κ2) is 7.68. The molecule has 0 amide bonds. The molecule has 0 bridgehead atoms. The van der Waals surface area contributed by atoms with E-state index in [2.05, 4.69) is 56.9 Å². The first-order chi connectivity index (χ1) is 7.97. The van der Waals surface area contributed by atoms with Gasteiger partial charge < -0.3 is 24.8 Å². The molecule has 0 aromatic rings. The number of hydrogen-bond donors (Lipinski definition) is 0. The zero-order chi connectivity index (χ0) is 12.5. The van der Waals surface area contributed by atoms with Crippen molar-refractivity contribution in [3.05, 3.63) is 44.3 Å². The second-order valence-corrected chi connectivity index (χ2v) is 6.98. The van der Waals surface area contributed by atoms with E-state index in [0.717, 1.165) is 12.8 Å². The molecule has 2 aliphatic carbocycles. The summed E-state index contributed by atoms with van der Waals surface area (Å²) in [7, 11) is 0. The molecule has 19 heavy (non-hydrogen) atoms. The Morgan fingerprint density at radius 1 is 1.05 bits per heavy atom. The second-order valence-electron chi connectivity index (χ2n) is 5.50. The molecule has 0 N–H and O–H groups in total. The van der Waals surface area contributed by atoms with Gasteiger partial charge in [-0.2, -0.15) is 0 Å². The summed E-state index contributed by atoms with van der Waals surface area (Å²) in [6, 6.07) is 0. The number of allylic oxidation sites excluding steroid dienone is 8. The smallest absolute Gasteiger partial charge is 1.00 e. The fraction of sp³-hybridized carbons (Fsp3) is 0.375. The summed E-state index contributed by atoms with van der Waals surface area (Å²) in [5, 5.41) is 0. The van der Waals surface area contributed by atoms with Crippen LogP contribution in [-0.2, 0) is 24.7 Å².